The lowest BCUT2D eigenvalue weighted by Gasteiger charge is -2.21. The minimum Gasteiger partial charge on any atom is -0.488 e. The van der Waals surface area contributed by atoms with Crippen molar-refractivity contribution >= 4 is 18.0 Å². The Morgan fingerprint density at radius 2 is 2.04 bits per heavy atom. The van der Waals surface area contributed by atoms with Crippen LogP contribution in [0.15, 0.2) is 23.7 Å². The summed E-state index contributed by atoms with van der Waals surface area (Å²) in [5, 5.41) is 2.85. The monoisotopic (exact) mass is 382 g/mol. The Morgan fingerprint density at radius 3 is 2.69 bits per heavy atom. The number of ether oxygens (including phenoxy) is 2. The number of hydrogen-bond acceptors (Lipinski definition) is 5. The van der Waals surface area contributed by atoms with Crippen molar-refractivity contribution in [2.45, 2.75) is 71.8 Å². The van der Waals surface area contributed by atoms with Gasteiger partial charge in [0, 0.05) is 19.0 Å². The van der Waals surface area contributed by atoms with E-state index in [4.69, 9.17) is 9.47 Å². The van der Waals surface area contributed by atoms with Crippen molar-refractivity contribution in [3.05, 3.63) is 23.7 Å². The molecule has 1 saturated heterocycles. The Morgan fingerprint density at radius 1 is 1.35 bits per heavy atom. The molecule has 1 aliphatic heterocycles. The molecule has 1 atom stereocenters. The van der Waals surface area contributed by atoms with Gasteiger partial charge in [0.1, 0.15) is 11.4 Å². The van der Waals surface area contributed by atoms with Crippen LogP contribution in [0.1, 0.15) is 66.2 Å². The number of carbonyl (C=O) groups is 1. The molecule has 0 saturated carbocycles. The fourth-order valence-electron chi connectivity index (χ4n) is 3.28. The van der Waals surface area contributed by atoms with Crippen LogP contribution in [0.5, 0.6) is 0 Å². The molecule has 1 fully saturated rings. The first-order valence-corrected chi connectivity index (χ1v) is 10.8. The minimum atomic E-state index is -0.412. The summed E-state index contributed by atoms with van der Waals surface area (Å²) in [5.41, 5.74) is -0.188. The molecule has 1 unspecified atom stereocenters. The Kier molecular flexibility index (Phi) is 8.35. The van der Waals surface area contributed by atoms with Gasteiger partial charge >= 0.3 is 6.09 Å². The number of amides is 1. The molecular weight excluding hydrogens is 348 g/mol. The van der Waals surface area contributed by atoms with Crippen molar-refractivity contribution in [3.63, 3.8) is 0 Å². The highest BCUT2D eigenvalue weighted by molar-refractivity contribution is 7.96. The largest absolute Gasteiger partial charge is 0.488 e. The Hall–Kier alpha value is -1.14. The third-order valence-electron chi connectivity index (χ3n) is 4.62. The van der Waals surface area contributed by atoms with Gasteiger partial charge in [0.2, 0.25) is 0 Å². The molecule has 0 radical (unpaired) electrons. The van der Waals surface area contributed by atoms with Crippen LogP contribution in [0, 0.1) is 5.92 Å². The summed E-state index contributed by atoms with van der Waals surface area (Å²) in [6, 6.07) is 0. The van der Waals surface area contributed by atoms with E-state index in [9.17, 15) is 4.79 Å². The molecule has 0 bridgehead atoms. The van der Waals surface area contributed by atoms with Crippen LogP contribution in [0.4, 0.5) is 4.79 Å². The summed E-state index contributed by atoms with van der Waals surface area (Å²) in [4.78, 5) is 12.2. The van der Waals surface area contributed by atoms with Crippen LogP contribution in [0.25, 0.3) is 0 Å². The van der Waals surface area contributed by atoms with Crippen LogP contribution >= 0.6 is 11.9 Å². The fourth-order valence-corrected chi connectivity index (χ4v) is 4.17. The van der Waals surface area contributed by atoms with E-state index in [-0.39, 0.29) is 5.60 Å². The van der Waals surface area contributed by atoms with E-state index in [1.165, 1.54) is 25.7 Å². The van der Waals surface area contributed by atoms with E-state index in [1.807, 2.05) is 6.08 Å². The average molecular weight is 383 g/mol. The van der Waals surface area contributed by atoms with Crippen LogP contribution in [0.3, 0.4) is 0 Å². The third kappa shape index (κ3) is 6.54. The van der Waals surface area contributed by atoms with E-state index in [2.05, 4.69) is 43.4 Å². The second kappa shape index (κ2) is 10.3. The van der Waals surface area contributed by atoms with Crippen LogP contribution < -0.4 is 5.32 Å². The van der Waals surface area contributed by atoms with Gasteiger partial charge in [-0.1, -0.05) is 44.7 Å². The third-order valence-corrected chi connectivity index (χ3v) is 5.62. The average Bonchev–Trinajstić information content (AvgIpc) is 2.92. The van der Waals surface area contributed by atoms with Crippen molar-refractivity contribution in [3.8, 4) is 0 Å². The van der Waals surface area contributed by atoms with E-state index < -0.39 is 6.09 Å². The molecule has 1 N–H and O–H groups in total. The first kappa shape index (κ1) is 21.2. The molecule has 0 spiro atoms. The van der Waals surface area contributed by atoms with Crippen molar-refractivity contribution in [1.29, 1.82) is 0 Å². The maximum atomic E-state index is 12.2. The number of alkyl carbamates (subject to hydrolysis) is 1. The highest BCUT2D eigenvalue weighted by Gasteiger charge is 2.40. The first-order chi connectivity index (χ1) is 12.4. The molecule has 1 amide bonds. The number of allylic oxidation sites excluding steroid dienone is 3. The number of unbranched alkanes of at least 4 members (excludes halogenated alkanes) is 2. The number of nitrogens with zero attached hydrogens (tertiary/aromatic N) is 1. The summed E-state index contributed by atoms with van der Waals surface area (Å²) in [6.07, 6.45) is 10.1. The van der Waals surface area contributed by atoms with Crippen molar-refractivity contribution in [1.82, 2.24) is 9.62 Å². The lowest BCUT2D eigenvalue weighted by Crippen LogP contribution is -2.28. The van der Waals surface area contributed by atoms with Gasteiger partial charge in [0.15, 0.2) is 5.76 Å². The molecule has 2 aliphatic rings. The quantitative estimate of drug-likeness (QED) is 0.415. The molecule has 6 heteroatoms. The summed E-state index contributed by atoms with van der Waals surface area (Å²) in [6.45, 7) is 10.7. The normalized spacial score (nSPS) is 20.9. The molecule has 0 aromatic heterocycles. The number of hydrogen-bond donors (Lipinski definition) is 1. The Bertz CT molecular complexity index is 523. The number of carbonyl (C=O) groups excluding carboxylic acids is 1. The van der Waals surface area contributed by atoms with E-state index in [0.717, 1.165) is 31.7 Å². The summed E-state index contributed by atoms with van der Waals surface area (Å²) in [7, 11) is 0. The lowest BCUT2D eigenvalue weighted by atomic mass is 9.91. The lowest BCUT2D eigenvalue weighted by molar-refractivity contribution is 0.0680. The van der Waals surface area contributed by atoms with E-state index in [0.29, 0.717) is 17.6 Å². The maximum Gasteiger partial charge on any atom is 0.413 e. The van der Waals surface area contributed by atoms with Gasteiger partial charge in [0.25, 0.3) is 0 Å². The van der Waals surface area contributed by atoms with Gasteiger partial charge in [0.05, 0.1) is 5.88 Å². The number of nitrogens with one attached hydrogen (secondary N) is 1. The van der Waals surface area contributed by atoms with Crippen molar-refractivity contribution in [2.24, 2.45) is 5.92 Å². The Balaban J connectivity index is 1.79. The SMILES string of the molecule is CCCCN(CCCC)SCNC(=O)OC1=C2OC(C)(C)CC2CC=C1. The van der Waals surface area contributed by atoms with Gasteiger partial charge in [-0.25, -0.2) is 9.10 Å². The van der Waals surface area contributed by atoms with Crippen LogP contribution in [-0.2, 0) is 9.47 Å². The Labute approximate surface area is 162 Å². The second-order valence-electron chi connectivity index (χ2n) is 7.61. The molecular formula is C20H34N2O3S. The van der Waals surface area contributed by atoms with Gasteiger partial charge in [-0.15, -0.1) is 0 Å². The number of rotatable bonds is 10. The van der Waals surface area contributed by atoms with Crippen molar-refractivity contribution in [2.75, 3.05) is 19.0 Å². The zero-order chi connectivity index (χ0) is 19.0. The smallest absolute Gasteiger partial charge is 0.413 e. The summed E-state index contributed by atoms with van der Waals surface area (Å²) in [5.74, 6) is 2.23. The molecule has 26 heavy (non-hydrogen) atoms. The minimum absolute atomic E-state index is 0.188. The zero-order valence-corrected chi connectivity index (χ0v) is 17.5. The van der Waals surface area contributed by atoms with Crippen LogP contribution in [-0.4, -0.2) is 35.0 Å². The standard InChI is InChI=1S/C20H34N2O3S/c1-5-7-12-22(13-8-6-2)26-15-21-19(23)24-17-11-9-10-16-14-20(3,4)25-18(16)17/h9,11,16H,5-8,10,12-15H2,1-4H3,(H,21,23). The fraction of sp³-hybridized carbons (Fsp3) is 0.750. The molecule has 2 rings (SSSR count). The van der Waals surface area contributed by atoms with Gasteiger partial charge in [-0.05, 0) is 45.6 Å². The topological polar surface area (TPSA) is 50.8 Å². The molecule has 0 aromatic carbocycles. The number of fused-ring (bicyclic) bond motifs is 1. The summed E-state index contributed by atoms with van der Waals surface area (Å²) >= 11 is 1.67. The van der Waals surface area contributed by atoms with Gasteiger partial charge in [-0.2, -0.15) is 0 Å². The predicted molar refractivity (Wildman–Crippen MR) is 108 cm³/mol. The van der Waals surface area contributed by atoms with Crippen LogP contribution in [0.2, 0.25) is 0 Å². The van der Waals surface area contributed by atoms with E-state index in [1.54, 1.807) is 11.9 Å². The second-order valence-corrected chi connectivity index (χ2v) is 8.67. The highest BCUT2D eigenvalue weighted by Crippen LogP contribution is 2.43. The molecule has 148 valence electrons. The molecule has 1 heterocycles. The van der Waals surface area contributed by atoms with Gasteiger partial charge < -0.3 is 14.8 Å². The van der Waals surface area contributed by atoms with Crippen molar-refractivity contribution < 1.29 is 14.3 Å². The predicted octanol–water partition coefficient (Wildman–Crippen LogP) is 5.21. The zero-order valence-electron chi connectivity index (χ0n) is 16.7. The summed E-state index contributed by atoms with van der Waals surface area (Å²) < 4.78 is 13.9. The maximum absolute atomic E-state index is 12.2. The molecule has 1 aliphatic carbocycles. The highest BCUT2D eigenvalue weighted by atomic mass is 32.2. The van der Waals surface area contributed by atoms with Gasteiger partial charge in [-0.3, -0.25) is 0 Å². The van der Waals surface area contributed by atoms with E-state index >= 15 is 0 Å². The molecule has 5 nitrogen and oxygen atoms in total. The first-order valence-electron chi connectivity index (χ1n) is 9.88. The molecule has 0 aromatic rings.